The molecule has 1 atom stereocenters. The number of Topliss-reactive ketones (excluding diaryl/α,β-unsaturated/α-hetero) is 1. The molecule has 6 nitrogen and oxygen atoms in total. The molecular formula is C17H17ClN2O4. The predicted octanol–water partition coefficient (Wildman–Crippen LogP) is 2.90. The molecule has 2 rings (SSSR count). The number of carbonyl (C=O) groups excluding carboxylic acids is 3. The van der Waals surface area contributed by atoms with Crippen molar-refractivity contribution >= 4 is 29.3 Å². The highest BCUT2D eigenvalue weighted by Gasteiger charge is 2.15. The van der Waals surface area contributed by atoms with E-state index in [0.717, 1.165) is 5.56 Å². The average Bonchev–Trinajstić information content (AvgIpc) is 3.03. The molecule has 0 aliphatic rings. The van der Waals surface area contributed by atoms with Crippen molar-refractivity contribution in [2.45, 2.75) is 19.9 Å². The zero-order chi connectivity index (χ0) is 17.7. The number of aromatic nitrogens is 1. The van der Waals surface area contributed by atoms with Crippen LogP contribution < -0.4 is 5.32 Å². The van der Waals surface area contributed by atoms with Crippen LogP contribution in [-0.4, -0.2) is 29.3 Å². The minimum absolute atomic E-state index is 0.124. The van der Waals surface area contributed by atoms with E-state index in [2.05, 4.69) is 10.3 Å². The number of benzene rings is 1. The third-order valence-corrected chi connectivity index (χ3v) is 3.64. The Morgan fingerprint density at radius 2 is 1.92 bits per heavy atom. The highest BCUT2D eigenvalue weighted by Crippen LogP contribution is 2.15. The van der Waals surface area contributed by atoms with E-state index in [1.54, 1.807) is 12.1 Å². The standard InChI is InChI=1S/C17H17ClN2O4/c1-10(12-3-5-14(18)6-4-12)20-16(22)9-24-17(23)15-7-13(8-19-15)11(2)21/h3-8,10,19H,9H2,1-2H3,(H,20,22)/t10-/m1/s1. The molecule has 0 aliphatic heterocycles. The zero-order valence-electron chi connectivity index (χ0n) is 13.3. The summed E-state index contributed by atoms with van der Waals surface area (Å²) in [4.78, 5) is 37.5. The van der Waals surface area contributed by atoms with Crippen molar-refractivity contribution in [2.75, 3.05) is 6.61 Å². The van der Waals surface area contributed by atoms with Gasteiger partial charge in [-0.05, 0) is 37.6 Å². The van der Waals surface area contributed by atoms with Crippen molar-refractivity contribution in [3.8, 4) is 0 Å². The number of H-pyrrole nitrogens is 1. The third-order valence-electron chi connectivity index (χ3n) is 3.39. The van der Waals surface area contributed by atoms with Crippen LogP contribution in [0.1, 0.15) is 46.3 Å². The molecule has 1 aromatic carbocycles. The fraction of sp³-hybridized carbons (Fsp3) is 0.235. The smallest absolute Gasteiger partial charge is 0.355 e. The van der Waals surface area contributed by atoms with Gasteiger partial charge in [0.05, 0.1) is 6.04 Å². The lowest BCUT2D eigenvalue weighted by Gasteiger charge is -2.14. The number of nitrogens with one attached hydrogen (secondary N) is 2. The van der Waals surface area contributed by atoms with Gasteiger partial charge in [-0.2, -0.15) is 0 Å². The Bertz CT molecular complexity index is 752. The Kier molecular flexibility index (Phi) is 5.76. The van der Waals surface area contributed by atoms with Gasteiger partial charge in [-0.25, -0.2) is 4.79 Å². The summed E-state index contributed by atoms with van der Waals surface area (Å²) in [5.41, 5.74) is 1.39. The minimum atomic E-state index is -0.697. The first-order valence-electron chi connectivity index (χ1n) is 7.28. The first-order chi connectivity index (χ1) is 11.4. The van der Waals surface area contributed by atoms with Crippen LogP contribution in [0.15, 0.2) is 36.5 Å². The van der Waals surface area contributed by atoms with Crippen LogP contribution in [-0.2, 0) is 9.53 Å². The van der Waals surface area contributed by atoms with Crippen LogP contribution in [0.3, 0.4) is 0 Å². The Balaban J connectivity index is 1.84. The van der Waals surface area contributed by atoms with Crippen LogP contribution in [0, 0.1) is 0 Å². The van der Waals surface area contributed by atoms with E-state index >= 15 is 0 Å². The SMILES string of the molecule is CC(=O)c1c[nH]c(C(=O)OCC(=O)N[C@H](C)c2ccc(Cl)cc2)c1. The van der Waals surface area contributed by atoms with E-state index in [0.29, 0.717) is 10.6 Å². The molecule has 0 saturated carbocycles. The number of hydrogen-bond donors (Lipinski definition) is 2. The second-order valence-corrected chi connectivity index (χ2v) is 5.71. The number of amides is 1. The first kappa shape index (κ1) is 17.7. The van der Waals surface area contributed by atoms with Crippen molar-refractivity contribution in [1.82, 2.24) is 10.3 Å². The Labute approximate surface area is 144 Å². The molecule has 0 unspecified atom stereocenters. The highest BCUT2D eigenvalue weighted by atomic mass is 35.5. The molecule has 2 aromatic rings. The summed E-state index contributed by atoms with van der Waals surface area (Å²) in [5, 5.41) is 3.34. The molecule has 0 bridgehead atoms. The van der Waals surface area contributed by atoms with Gasteiger partial charge in [0.1, 0.15) is 5.69 Å². The van der Waals surface area contributed by atoms with Gasteiger partial charge in [-0.3, -0.25) is 9.59 Å². The zero-order valence-corrected chi connectivity index (χ0v) is 14.0. The summed E-state index contributed by atoms with van der Waals surface area (Å²) >= 11 is 5.82. The topological polar surface area (TPSA) is 88.3 Å². The van der Waals surface area contributed by atoms with Gasteiger partial charge < -0.3 is 15.0 Å². The molecule has 24 heavy (non-hydrogen) atoms. The molecular weight excluding hydrogens is 332 g/mol. The van der Waals surface area contributed by atoms with Crippen LogP contribution in [0.5, 0.6) is 0 Å². The van der Waals surface area contributed by atoms with Gasteiger partial charge in [-0.1, -0.05) is 23.7 Å². The van der Waals surface area contributed by atoms with Crippen molar-refractivity contribution in [3.05, 3.63) is 58.4 Å². The Hall–Kier alpha value is -2.60. The van der Waals surface area contributed by atoms with E-state index < -0.39 is 18.5 Å². The van der Waals surface area contributed by atoms with Gasteiger partial charge >= 0.3 is 5.97 Å². The summed E-state index contributed by atoms with van der Waals surface area (Å²) < 4.78 is 4.92. The lowest BCUT2D eigenvalue weighted by atomic mass is 10.1. The highest BCUT2D eigenvalue weighted by molar-refractivity contribution is 6.30. The van der Waals surface area contributed by atoms with Crippen LogP contribution >= 0.6 is 11.6 Å². The number of ether oxygens (including phenoxy) is 1. The maximum absolute atomic E-state index is 11.9. The van der Waals surface area contributed by atoms with Gasteiger partial charge in [0.2, 0.25) is 0 Å². The summed E-state index contributed by atoms with van der Waals surface area (Å²) in [5.74, 6) is -1.29. The van der Waals surface area contributed by atoms with Gasteiger partial charge in [0, 0.05) is 16.8 Å². The largest absolute Gasteiger partial charge is 0.451 e. The predicted molar refractivity (Wildman–Crippen MR) is 89.1 cm³/mol. The van der Waals surface area contributed by atoms with Crippen molar-refractivity contribution in [2.24, 2.45) is 0 Å². The monoisotopic (exact) mass is 348 g/mol. The molecule has 0 radical (unpaired) electrons. The molecule has 126 valence electrons. The number of hydrogen-bond acceptors (Lipinski definition) is 4. The van der Waals surface area contributed by atoms with Crippen molar-refractivity contribution in [3.63, 3.8) is 0 Å². The minimum Gasteiger partial charge on any atom is -0.451 e. The average molecular weight is 349 g/mol. The van der Waals surface area contributed by atoms with E-state index in [4.69, 9.17) is 16.3 Å². The van der Waals surface area contributed by atoms with E-state index in [-0.39, 0.29) is 17.5 Å². The number of ketones is 1. The summed E-state index contributed by atoms with van der Waals surface area (Å²) in [6.45, 7) is 2.79. The van der Waals surface area contributed by atoms with Gasteiger partial charge in [-0.15, -0.1) is 0 Å². The molecule has 1 aromatic heterocycles. The Morgan fingerprint density at radius 3 is 2.50 bits per heavy atom. The maximum atomic E-state index is 11.9. The van der Waals surface area contributed by atoms with E-state index in [9.17, 15) is 14.4 Å². The number of carbonyl (C=O) groups is 3. The van der Waals surface area contributed by atoms with Crippen LogP contribution in [0.2, 0.25) is 5.02 Å². The summed E-state index contributed by atoms with van der Waals surface area (Å²) in [7, 11) is 0. The molecule has 1 amide bonds. The van der Waals surface area contributed by atoms with Crippen LogP contribution in [0.25, 0.3) is 0 Å². The van der Waals surface area contributed by atoms with Gasteiger partial charge in [0.15, 0.2) is 12.4 Å². The maximum Gasteiger partial charge on any atom is 0.355 e. The molecule has 0 spiro atoms. The fourth-order valence-corrected chi connectivity index (χ4v) is 2.17. The summed E-state index contributed by atoms with van der Waals surface area (Å²) in [6.07, 6.45) is 1.42. The number of aromatic amines is 1. The number of esters is 1. The third kappa shape index (κ3) is 4.70. The fourth-order valence-electron chi connectivity index (χ4n) is 2.04. The lowest BCUT2D eigenvalue weighted by Crippen LogP contribution is -2.31. The quantitative estimate of drug-likeness (QED) is 0.620. The molecule has 0 saturated heterocycles. The molecule has 2 N–H and O–H groups in total. The van der Waals surface area contributed by atoms with Crippen molar-refractivity contribution in [1.29, 1.82) is 0 Å². The van der Waals surface area contributed by atoms with E-state index in [1.807, 2.05) is 19.1 Å². The normalized spacial score (nSPS) is 11.6. The number of rotatable bonds is 6. The second-order valence-electron chi connectivity index (χ2n) is 5.28. The lowest BCUT2D eigenvalue weighted by molar-refractivity contribution is -0.124. The summed E-state index contributed by atoms with van der Waals surface area (Å²) in [6, 6.07) is 8.22. The molecule has 1 heterocycles. The molecule has 0 aliphatic carbocycles. The van der Waals surface area contributed by atoms with Gasteiger partial charge in [0.25, 0.3) is 5.91 Å². The van der Waals surface area contributed by atoms with E-state index in [1.165, 1.54) is 19.2 Å². The first-order valence-corrected chi connectivity index (χ1v) is 7.66. The molecule has 0 fully saturated rings. The Morgan fingerprint density at radius 1 is 1.25 bits per heavy atom. The van der Waals surface area contributed by atoms with Crippen LogP contribution in [0.4, 0.5) is 0 Å². The second kappa shape index (κ2) is 7.79. The molecule has 7 heteroatoms. The van der Waals surface area contributed by atoms with Crippen molar-refractivity contribution < 1.29 is 19.1 Å². The number of halogens is 1.